The van der Waals surface area contributed by atoms with E-state index in [-0.39, 0.29) is 6.04 Å². The number of ether oxygens (including phenoxy) is 4. The van der Waals surface area contributed by atoms with Crippen molar-refractivity contribution in [3.8, 4) is 23.0 Å². The van der Waals surface area contributed by atoms with Crippen LogP contribution in [0.3, 0.4) is 0 Å². The number of rotatable bonds is 8. The SMILES string of the molecule is COc1cc2c(cc1OC(=O)C=Cc1ccccc1)C1Cc3c(Cl)cc(OC)c(OC(=O)C=Cc4ccccc4)c3CN1CC2. The summed E-state index contributed by atoms with van der Waals surface area (Å²) in [5.74, 6) is 0.624. The second kappa shape index (κ2) is 13.4. The van der Waals surface area contributed by atoms with E-state index >= 15 is 0 Å². The van der Waals surface area contributed by atoms with Crippen LogP contribution in [0, 0.1) is 0 Å². The standard InChI is InChI=1S/C37H32ClNO6/c1-42-32-19-26-17-18-39-23-29-28(20-31(39)27(26)21-33(32)44-35(40)15-13-24-9-5-3-6-10-24)30(38)22-34(43-2)37(29)45-36(41)16-14-25-11-7-4-8-12-25/h3-16,19,21-22,31H,17-18,20,23H2,1-2H3. The summed E-state index contributed by atoms with van der Waals surface area (Å²) >= 11 is 6.82. The molecule has 6 rings (SSSR count). The van der Waals surface area contributed by atoms with E-state index in [0.717, 1.165) is 46.3 Å². The molecule has 1 atom stereocenters. The Morgan fingerprint density at radius 1 is 0.778 bits per heavy atom. The van der Waals surface area contributed by atoms with Crippen LogP contribution in [0.15, 0.2) is 91.0 Å². The first-order valence-corrected chi connectivity index (χ1v) is 15.0. The topological polar surface area (TPSA) is 74.3 Å². The molecular formula is C37H32ClNO6. The maximum absolute atomic E-state index is 12.9. The van der Waals surface area contributed by atoms with Crippen LogP contribution in [0.5, 0.6) is 23.0 Å². The molecule has 4 aromatic carbocycles. The summed E-state index contributed by atoms with van der Waals surface area (Å²) in [6.45, 7) is 1.28. The Bertz CT molecular complexity index is 1780. The van der Waals surface area contributed by atoms with Gasteiger partial charge in [0, 0.05) is 47.9 Å². The van der Waals surface area contributed by atoms with E-state index in [1.54, 1.807) is 25.3 Å². The van der Waals surface area contributed by atoms with E-state index < -0.39 is 11.9 Å². The molecule has 0 bridgehead atoms. The van der Waals surface area contributed by atoms with Crippen molar-refractivity contribution in [3.63, 3.8) is 0 Å². The normalized spacial score (nSPS) is 15.7. The highest BCUT2D eigenvalue weighted by Crippen LogP contribution is 2.48. The molecule has 8 heteroatoms. The zero-order chi connectivity index (χ0) is 31.3. The maximum atomic E-state index is 12.9. The fourth-order valence-corrected chi connectivity index (χ4v) is 6.20. The number of halogens is 1. The molecule has 2 heterocycles. The number of fused-ring (bicyclic) bond motifs is 4. The summed E-state index contributed by atoms with van der Waals surface area (Å²) in [5, 5.41) is 0.541. The van der Waals surface area contributed by atoms with Gasteiger partial charge in [-0.1, -0.05) is 72.3 Å². The van der Waals surface area contributed by atoms with Gasteiger partial charge < -0.3 is 18.9 Å². The van der Waals surface area contributed by atoms with Gasteiger partial charge in [0.25, 0.3) is 0 Å². The van der Waals surface area contributed by atoms with Gasteiger partial charge in [-0.15, -0.1) is 0 Å². The molecule has 228 valence electrons. The van der Waals surface area contributed by atoms with E-state index in [4.69, 9.17) is 30.5 Å². The molecule has 4 aromatic rings. The highest BCUT2D eigenvalue weighted by Gasteiger charge is 2.37. The van der Waals surface area contributed by atoms with Gasteiger partial charge in [0.1, 0.15) is 0 Å². The van der Waals surface area contributed by atoms with Crippen molar-refractivity contribution >= 4 is 35.7 Å². The molecule has 0 radical (unpaired) electrons. The van der Waals surface area contributed by atoms with Crippen molar-refractivity contribution in [2.75, 3.05) is 20.8 Å². The lowest BCUT2D eigenvalue weighted by atomic mass is 9.83. The highest BCUT2D eigenvalue weighted by molar-refractivity contribution is 6.31. The van der Waals surface area contributed by atoms with Crippen molar-refractivity contribution in [2.45, 2.75) is 25.4 Å². The van der Waals surface area contributed by atoms with E-state index in [1.165, 1.54) is 19.3 Å². The third-order valence-electron chi connectivity index (χ3n) is 8.12. The van der Waals surface area contributed by atoms with Gasteiger partial charge >= 0.3 is 11.9 Å². The molecule has 0 saturated heterocycles. The third-order valence-corrected chi connectivity index (χ3v) is 8.45. The number of nitrogens with zero attached hydrogens (tertiary/aromatic N) is 1. The number of hydrogen-bond donors (Lipinski definition) is 0. The monoisotopic (exact) mass is 621 g/mol. The van der Waals surface area contributed by atoms with Crippen molar-refractivity contribution in [1.82, 2.24) is 4.90 Å². The smallest absolute Gasteiger partial charge is 0.336 e. The summed E-state index contributed by atoms with van der Waals surface area (Å²) in [6, 6.07) is 24.6. The number of esters is 2. The molecule has 0 aromatic heterocycles. The second-order valence-corrected chi connectivity index (χ2v) is 11.2. The zero-order valence-corrected chi connectivity index (χ0v) is 25.8. The molecule has 2 aliphatic heterocycles. The lowest BCUT2D eigenvalue weighted by Gasteiger charge is -2.42. The summed E-state index contributed by atoms with van der Waals surface area (Å²) in [4.78, 5) is 28.0. The fourth-order valence-electron chi connectivity index (χ4n) is 5.91. The Kier molecular flexibility index (Phi) is 9.01. The molecule has 0 aliphatic carbocycles. The Morgan fingerprint density at radius 3 is 2.02 bits per heavy atom. The minimum absolute atomic E-state index is 0.0307. The summed E-state index contributed by atoms with van der Waals surface area (Å²) in [5.41, 5.74) is 5.67. The number of hydrogen-bond acceptors (Lipinski definition) is 7. The molecule has 0 saturated carbocycles. The first-order valence-electron chi connectivity index (χ1n) is 14.7. The summed E-state index contributed by atoms with van der Waals surface area (Å²) in [7, 11) is 3.10. The highest BCUT2D eigenvalue weighted by atomic mass is 35.5. The maximum Gasteiger partial charge on any atom is 0.336 e. The Morgan fingerprint density at radius 2 is 1.40 bits per heavy atom. The van der Waals surface area contributed by atoms with Gasteiger partial charge in [-0.25, -0.2) is 9.59 Å². The van der Waals surface area contributed by atoms with Crippen molar-refractivity contribution in [1.29, 1.82) is 0 Å². The largest absolute Gasteiger partial charge is 0.493 e. The van der Waals surface area contributed by atoms with Crippen LogP contribution < -0.4 is 18.9 Å². The lowest BCUT2D eigenvalue weighted by molar-refractivity contribution is -0.130. The van der Waals surface area contributed by atoms with Crippen LogP contribution in [-0.4, -0.2) is 37.6 Å². The second-order valence-electron chi connectivity index (χ2n) is 10.8. The predicted octanol–water partition coefficient (Wildman–Crippen LogP) is 7.25. The predicted molar refractivity (Wildman–Crippen MR) is 174 cm³/mol. The molecule has 2 aliphatic rings. The number of carbonyl (C=O) groups excluding carboxylic acids is 2. The van der Waals surface area contributed by atoms with Crippen LogP contribution in [0.1, 0.15) is 39.4 Å². The van der Waals surface area contributed by atoms with E-state index in [1.807, 2.05) is 72.8 Å². The van der Waals surface area contributed by atoms with E-state index in [2.05, 4.69) is 4.90 Å². The summed E-state index contributed by atoms with van der Waals surface area (Å²) in [6.07, 6.45) is 7.58. The lowest BCUT2D eigenvalue weighted by Crippen LogP contribution is -2.39. The molecule has 45 heavy (non-hydrogen) atoms. The number of carbonyl (C=O) groups is 2. The van der Waals surface area contributed by atoms with Gasteiger partial charge in [-0.05, 0) is 64.9 Å². The number of benzene rings is 4. The average Bonchev–Trinajstić information content (AvgIpc) is 3.07. The average molecular weight is 622 g/mol. The van der Waals surface area contributed by atoms with Crippen LogP contribution in [0.2, 0.25) is 5.02 Å². The molecule has 0 amide bonds. The Balaban J connectivity index is 1.28. The van der Waals surface area contributed by atoms with Crippen LogP contribution in [0.25, 0.3) is 12.2 Å². The minimum Gasteiger partial charge on any atom is -0.493 e. The quantitative estimate of drug-likeness (QED) is 0.117. The molecule has 1 unspecified atom stereocenters. The van der Waals surface area contributed by atoms with Crippen molar-refractivity contribution in [3.05, 3.63) is 129 Å². The summed E-state index contributed by atoms with van der Waals surface area (Å²) < 4.78 is 22.9. The van der Waals surface area contributed by atoms with Gasteiger partial charge in [-0.3, -0.25) is 4.90 Å². The Hall–Kier alpha value is -4.85. The minimum atomic E-state index is -0.507. The van der Waals surface area contributed by atoms with Gasteiger partial charge in [0.05, 0.1) is 14.2 Å². The van der Waals surface area contributed by atoms with Gasteiger partial charge in [0.2, 0.25) is 0 Å². The van der Waals surface area contributed by atoms with Gasteiger partial charge in [0.15, 0.2) is 23.0 Å². The molecular weight excluding hydrogens is 590 g/mol. The third kappa shape index (κ3) is 6.65. The Labute approximate surface area is 267 Å². The van der Waals surface area contributed by atoms with Crippen molar-refractivity contribution < 1.29 is 28.5 Å². The molecule has 0 spiro atoms. The van der Waals surface area contributed by atoms with Crippen LogP contribution in [-0.2, 0) is 29.0 Å². The van der Waals surface area contributed by atoms with Crippen LogP contribution in [0.4, 0.5) is 0 Å². The van der Waals surface area contributed by atoms with Gasteiger partial charge in [-0.2, -0.15) is 0 Å². The first kappa shape index (κ1) is 30.2. The van der Waals surface area contributed by atoms with E-state index in [0.29, 0.717) is 41.0 Å². The van der Waals surface area contributed by atoms with Crippen molar-refractivity contribution in [2.24, 2.45) is 0 Å². The molecule has 7 nitrogen and oxygen atoms in total. The molecule has 0 N–H and O–H groups in total. The zero-order valence-electron chi connectivity index (χ0n) is 25.0. The molecule has 0 fully saturated rings. The van der Waals surface area contributed by atoms with E-state index in [9.17, 15) is 9.59 Å². The van der Waals surface area contributed by atoms with Crippen LogP contribution >= 0.6 is 11.6 Å². The fraction of sp³-hybridized carbons (Fsp3) is 0.189. The number of methoxy groups -OCH3 is 2. The first-order chi connectivity index (χ1) is 21.9.